The average Bonchev–Trinajstić information content (AvgIpc) is 2.86. The predicted octanol–water partition coefficient (Wildman–Crippen LogP) is 2.82. The first-order chi connectivity index (χ1) is 10.1. The zero-order valence-corrected chi connectivity index (χ0v) is 12.4. The highest BCUT2D eigenvalue weighted by molar-refractivity contribution is 6.01. The highest BCUT2D eigenvalue weighted by atomic mass is 16.5. The van der Waals surface area contributed by atoms with Gasteiger partial charge in [-0.3, -0.25) is 0 Å². The van der Waals surface area contributed by atoms with Crippen LogP contribution in [0.4, 0.5) is 0 Å². The van der Waals surface area contributed by atoms with E-state index in [2.05, 4.69) is 23.4 Å². The summed E-state index contributed by atoms with van der Waals surface area (Å²) in [4.78, 5) is 16.2. The Kier molecular flexibility index (Phi) is 3.45. The summed E-state index contributed by atoms with van der Waals surface area (Å²) < 4.78 is 7.62. The van der Waals surface area contributed by atoms with E-state index < -0.39 is 5.97 Å². The molecule has 1 aromatic heterocycles. The predicted molar refractivity (Wildman–Crippen MR) is 79.8 cm³/mol. The van der Waals surface area contributed by atoms with Gasteiger partial charge in [-0.15, -0.1) is 0 Å². The summed E-state index contributed by atoms with van der Waals surface area (Å²) >= 11 is 0. The van der Waals surface area contributed by atoms with E-state index in [0.29, 0.717) is 18.8 Å². The van der Waals surface area contributed by atoms with E-state index in [9.17, 15) is 9.90 Å². The van der Waals surface area contributed by atoms with Crippen LogP contribution in [-0.2, 0) is 16.7 Å². The molecule has 0 radical (unpaired) electrons. The molecule has 0 atom stereocenters. The molecule has 1 aliphatic rings. The summed E-state index contributed by atoms with van der Waals surface area (Å²) in [6, 6.07) is 5.31. The number of carboxylic acid groups (broad SMARTS) is 1. The highest BCUT2D eigenvalue weighted by Crippen LogP contribution is 2.35. The van der Waals surface area contributed by atoms with Gasteiger partial charge in [-0.05, 0) is 31.9 Å². The molecule has 0 amide bonds. The lowest BCUT2D eigenvalue weighted by Crippen LogP contribution is -2.38. The Balaban J connectivity index is 2.31. The zero-order chi connectivity index (χ0) is 15.0. The molecule has 1 N–H and O–H groups in total. The number of aryl methyl sites for hydroxylation is 1. The fourth-order valence-electron chi connectivity index (χ4n) is 3.20. The van der Waals surface area contributed by atoms with Crippen molar-refractivity contribution in [3.63, 3.8) is 0 Å². The molecule has 2 aromatic rings. The molecule has 2 heterocycles. The first-order valence-electron chi connectivity index (χ1n) is 7.38. The van der Waals surface area contributed by atoms with Gasteiger partial charge in [0.1, 0.15) is 5.82 Å². The normalized spacial score (nSPS) is 18.0. The van der Waals surface area contributed by atoms with E-state index in [4.69, 9.17) is 4.74 Å². The smallest absolute Gasteiger partial charge is 0.337 e. The van der Waals surface area contributed by atoms with Gasteiger partial charge in [0, 0.05) is 25.2 Å². The van der Waals surface area contributed by atoms with Gasteiger partial charge >= 0.3 is 5.97 Å². The van der Waals surface area contributed by atoms with Crippen molar-refractivity contribution < 1.29 is 14.6 Å². The third-order valence-corrected chi connectivity index (χ3v) is 4.40. The Bertz CT molecular complexity index is 684. The zero-order valence-electron chi connectivity index (χ0n) is 12.4. The Hall–Kier alpha value is -1.88. The maximum Gasteiger partial charge on any atom is 0.337 e. The Labute approximate surface area is 123 Å². The average molecular weight is 288 g/mol. The van der Waals surface area contributed by atoms with Crippen LogP contribution in [-0.4, -0.2) is 33.8 Å². The van der Waals surface area contributed by atoms with Gasteiger partial charge in [0.2, 0.25) is 0 Å². The van der Waals surface area contributed by atoms with Crippen LogP contribution in [0.25, 0.3) is 11.0 Å². The summed E-state index contributed by atoms with van der Waals surface area (Å²) in [6.07, 6.45) is 2.53. The Morgan fingerprint density at radius 2 is 2.14 bits per heavy atom. The minimum Gasteiger partial charge on any atom is -0.478 e. The molecule has 1 saturated heterocycles. The van der Waals surface area contributed by atoms with Crippen LogP contribution in [0.2, 0.25) is 0 Å². The van der Waals surface area contributed by atoms with E-state index in [-0.39, 0.29) is 5.54 Å². The van der Waals surface area contributed by atoms with E-state index in [0.717, 1.165) is 36.1 Å². The second-order valence-corrected chi connectivity index (χ2v) is 5.80. The molecule has 3 rings (SSSR count). The number of carbonyl (C=O) groups is 1. The molecular formula is C16H20N2O3. The second kappa shape index (κ2) is 5.15. The molecular weight excluding hydrogens is 268 g/mol. The molecule has 5 nitrogen and oxygen atoms in total. The summed E-state index contributed by atoms with van der Waals surface area (Å²) in [5, 5.41) is 9.51. The fraction of sp³-hybridized carbons (Fsp3) is 0.500. The fourth-order valence-corrected chi connectivity index (χ4v) is 3.20. The number of aromatic nitrogens is 2. The maximum atomic E-state index is 11.6. The van der Waals surface area contributed by atoms with Crippen molar-refractivity contribution >= 4 is 17.0 Å². The number of carboxylic acids is 1. The number of hydrogen-bond acceptors (Lipinski definition) is 3. The van der Waals surface area contributed by atoms with Crippen molar-refractivity contribution in [2.24, 2.45) is 0 Å². The summed E-state index contributed by atoms with van der Waals surface area (Å²) in [5.41, 5.74) is 1.70. The lowest BCUT2D eigenvalue weighted by atomic mass is 9.91. The minimum absolute atomic E-state index is 0.135. The highest BCUT2D eigenvalue weighted by Gasteiger charge is 2.33. The van der Waals surface area contributed by atoms with Crippen LogP contribution in [0, 0.1) is 0 Å². The molecule has 1 fully saturated rings. The van der Waals surface area contributed by atoms with Gasteiger partial charge in [0.15, 0.2) is 0 Å². The van der Waals surface area contributed by atoms with Gasteiger partial charge < -0.3 is 14.4 Å². The molecule has 112 valence electrons. The van der Waals surface area contributed by atoms with Crippen molar-refractivity contribution in [3.8, 4) is 0 Å². The van der Waals surface area contributed by atoms with Crippen LogP contribution in [0.5, 0.6) is 0 Å². The van der Waals surface area contributed by atoms with Gasteiger partial charge in [-0.1, -0.05) is 13.0 Å². The quantitative estimate of drug-likeness (QED) is 0.943. The molecule has 0 unspecified atom stereocenters. The summed E-state index contributed by atoms with van der Waals surface area (Å²) in [7, 11) is 0. The number of rotatable bonds is 3. The van der Waals surface area contributed by atoms with E-state index >= 15 is 0 Å². The Morgan fingerprint density at radius 3 is 2.76 bits per heavy atom. The van der Waals surface area contributed by atoms with Gasteiger partial charge in [0.05, 0.1) is 16.6 Å². The number of fused-ring (bicyclic) bond motifs is 1. The molecule has 0 spiro atoms. The number of nitrogens with zero attached hydrogens (tertiary/aromatic N) is 2. The molecule has 0 bridgehead atoms. The largest absolute Gasteiger partial charge is 0.478 e. The monoisotopic (exact) mass is 288 g/mol. The van der Waals surface area contributed by atoms with Gasteiger partial charge in [-0.2, -0.15) is 0 Å². The van der Waals surface area contributed by atoms with Crippen molar-refractivity contribution in [2.45, 2.75) is 38.6 Å². The SMILES string of the molecule is CCc1nc2cccc(C(=O)O)c2n1C1(C)CCOCC1. The third-order valence-electron chi connectivity index (χ3n) is 4.40. The van der Waals surface area contributed by atoms with Gasteiger partial charge in [-0.25, -0.2) is 9.78 Å². The Morgan fingerprint density at radius 1 is 1.43 bits per heavy atom. The standard InChI is InChI=1S/C16H20N2O3/c1-3-13-17-12-6-4-5-11(15(19)20)14(12)18(13)16(2)7-9-21-10-8-16/h4-6H,3,7-10H2,1-2H3,(H,19,20). The molecule has 21 heavy (non-hydrogen) atoms. The third kappa shape index (κ3) is 2.21. The molecule has 1 aromatic carbocycles. The van der Waals surface area contributed by atoms with Crippen LogP contribution in [0.1, 0.15) is 42.9 Å². The lowest BCUT2D eigenvalue weighted by Gasteiger charge is -2.37. The van der Waals surface area contributed by atoms with E-state index in [1.165, 1.54) is 0 Å². The molecule has 0 aliphatic carbocycles. The van der Waals surface area contributed by atoms with E-state index in [1.54, 1.807) is 12.1 Å². The number of hydrogen-bond donors (Lipinski definition) is 1. The van der Waals surface area contributed by atoms with E-state index in [1.807, 2.05) is 6.07 Å². The summed E-state index contributed by atoms with van der Waals surface area (Å²) in [5.74, 6) is 0.0446. The van der Waals surface area contributed by atoms with Gasteiger partial charge in [0.25, 0.3) is 0 Å². The number of benzene rings is 1. The lowest BCUT2D eigenvalue weighted by molar-refractivity contribution is 0.0300. The number of ether oxygens (including phenoxy) is 1. The van der Waals surface area contributed by atoms with Crippen LogP contribution >= 0.6 is 0 Å². The van der Waals surface area contributed by atoms with Crippen LogP contribution in [0.3, 0.4) is 0 Å². The molecule has 1 aliphatic heterocycles. The van der Waals surface area contributed by atoms with Crippen LogP contribution in [0.15, 0.2) is 18.2 Å². The van der Waals surface area contributed by atoms with Crippen molar-refractivity contribution in [1.29, 1.82) is 0 Å². The van der Waals surface area contributed by atoms with Crippen molar-refractivity contribution in [1.82, 2.24) is 9.55 Å². The number of imidazole rings is 1. The number of para-hydroxylation sites is 1. The summed E-state index contributed by atoms with van der Waals surface area (Å²) in [6.45, 7) is 5.64. The molecule has 5 heteroatoms. The first-order valence-corrected chi connectivity index (χ1v) is 7.38. The number of aromatic carboxylic acids is 1. The van der Waals surface area contributed by atoms with Crippen molar-refractivity contribution in [3.05, 3.63) is 29.6 Å². The van der Waals surface area contributed by atoms with Crippen molar-refractivity contribution in [2.75, 3.05) is 13.2 Å². The second-order valence-electron chi connectivity index (χ2n) is 5.80. The minimum atomic E-state index is -0.903. The maximum absolute atomic E-state index is 11.6. The van der Waals surface area contributed by atoms with Crippen LogP contribution < -0.4 is 0 Å². The topological polar surface area (TPSA) is 64.3 Å². The first kappa shape index (κ1) is 14.1. The molecule has 0 saturated carbocycles.